The molecule has 0 N–H and O–H groups in total. The quantitative estimate of drug-likeness (QED) is 0.795. The molecule has 0 atom stereocenters. The molecule has 0 saturated heterocycles. The van der Waals surface area contributed by atoms with Crippen LogP contribution in [0.5, 0.6) is 0 Å². The molecule has 1 heterocycles. The highest BCUT2D eigenvalue weighted by Crippen LogP contribution is 2.19. The highest BCUT2D eigenvalue weighted by molar-refractivity contribution is 9.10. The van der Waals surface area contributed by atoms with Crippen LogP contribution in [0, 0.1) is 5.82 Å². The Kier molecular flexibility index (Phi) is 4.09. The number of carbonyl (C=O) groups is 1. The van der Waals surface area contributed by atoms with E-state index in [2.05, 4.69) is 20.9 Å². The molecule has 0 aliphatic heterocycles. The van der Waals surface area contributed by atoms with E-state index in [9.17, 15) is 9.18 Å². The number of halogens is 3. The monoisotopic (exact) mass is 327 g/mol. The van der Waals surface area contributed by atoms with Gasteiger partial charge in [0.1, 0.15) is 5.82 Å². The molecule has 2 aromatic rings. The van der Waals surface area contributed by atoms with Gasteiger partial charge in [0.2, 0.25) is 0 Å². The number of ketones is 1. The van der Waals surface area contributed by atoms with Gasteiger partial charge in [0.25, 0.3) is 0 Å². The molecule has 0 saturated carbocycles. The Morgan fingerprint density at radius 1 is 1.39 bits per heavy atom. The van der Waals surface area contributed by atoms with E-state index >= 15 is 0 Å². The number of pyridine rings is 1. The van der Waals surface area contributed by atoms with Gasteiger partial charge in [0.15, 0.2) is 5.78 Å². The molecule has 0 bridgehead atoms. The van der Waals surface area contributed by atoms with Gasteiger partial charge in [0, 0.05) is 24.4 Å². The van der Waals surface area contributed by atoms with Crippen LogP contribution in [0.2, 0.25) is 5.02 Å². The molecule has 0 radical (unpaired) electrons. The second kappa shape index (κ2) is 5.59. The molecule has 0 spiro atoms. The Labute approximate surface area is 117 Å². The minimum absolute atomic E-state index is 0.127. The van der Waals surface area contributed by atoms with Gasteiger partial charge >= 0.3 is 0 Å². The van der Waals surface area contributed by atoms with Crippen molar-refractivity contribution in [1.82, 2.24) is 4.98 Å². The van der Waals surface area contributed by atoms with Crippen molar-refractivity contribution < 1.29 is 9.18 Å². The van der Waals surface area contributed by atoms with E-state index in [0.29, 0.717) is 20.6 Å². The van der Waals surface area contributed by atoms with Crippen LogP contribution in [0.4, 0.5) is 4.39 Å². The van der Waals surface area contributed by atoms with Crippen molar-refractivity contribution >= 4 is 33.3 Å². The Hall–Kier alpha value is -1.26. The fraction of sp³-hybridized carbons (Fsp3) is 0.0769. The van der Waals surface area contributed by atoms with E-state index in [0.717, 1.165) is 0 Å². The van der Waals surface area contributed by atoms with Crippen LogP contribution in [0.1, 0.15) is 15.9 Å². The summed E-state index contributed by atoms with van der Waals surface area (Å²) in [4.78, 5) is 15.8. The van der Waals surface area contributed by atoms with Gasteiger partial charge in [-0.15, -0.1) is 0 Å². The zero-order chi connectivity index (χ0) is 13.1. The lowest BCUT2D eigenvalue weighted by molar-refractivity contribution is 0.0992. The number of nitrogens with zero attached hydrogens (tertiary/aromatic N) is 1. The first kappa shape index (κ1) is 13.2. The topological polar surface area (TPSA) is 30.0 Å². The van der Waals surface area contributed by atoms with Crippen molar-refractivity contribution in [3.8, 4) is 0 Å². The maximum atomic E-state index is 13.3. The van der Waals surface area contributed by atoms with Crippen LogP contribution in [0.3, 0.4) is 0 Å². The molecule has 0 amide bonds. The Morgan fingerprint density at radius 2 is 2.17 bits per heavy atom. The van der Waals surface area contributed by atoms with Crippen molar-refractivity contribution in [3.05, 3.63) is 63.1 Å². The summed E-state index contributed by atoms with van der Waals surface area (Å²) in [6.45, 7) is 0. The van der Waals surface area contributed by atoms with Crippen molar-refractivity contribution in [1.29, 1.82) is 0 Å². The molecule has 92 valence electrons. The van der Waals surface area contributed by atoms with Crippen LogP contribution in [-0.4, -0.2) is 10.8 Å². The Bertz CT molecular complexity index is 603. The molecular weight excluding hydrogens is 321 g/mol. The first-order chi connectivity index (χ1) is 8.58. The number of Topliss-reactive ketones (excluding diaryl/α,β-unsaturated/α-hetero) is 1. The molecule has 2 rings (SSSR count). The van der Waals surface area contributed by atoms with Crippen molar-refractivity contribution in [3.63, 3.8) is 0 Å². The van der Waals surface area contributed by atoms with E-state index in [-0.39, 0.29) is 12.2 Å². The number of hydrogen-bond donors (Lipinski definition) is 0. The van der Waals surface area contributed by atoms with E-state index in [1.165, 1.54) is 18.3 Å². The van der Waals surface area contributed by atoms with Crippen LogP contribution in [0.25, 0.3) is 0 Å². The average Bonchev–Trinajstić information content (AvgIpc) is 2.35. The molecular formula is C13H8BrClFNO. The van der Waals surface area contributed by atoms with E-state index in [1.54, 1.807) is 18.3 Å². The second-order valence-corrected chi connectivity index (χ2v) is 4.96. The van der Waals surface area contributed by atoms with Gasteiger partial charge < -0.3 is 0 Å². The minimum atomic E-state index is -0.457. The SMILES string of the molecule is O=C(Cc1ccncc1Cl)c1ccc(Br)c(F)c1. The second-order valence-electron chi connectivity index (χ2n) is 3.70. The first-order valence-electron chi connectivity index (χ1n) is 5.14. The summed E-state index contributed by atoms with van der Waals surface area (Å²) in [5.41, 5.74) is 1.00. The normalized spacial score (nSPS) is 10.4. The smallest absolute Gasteiger partial charge is 0.167 e. The lowest BCUT2D eigenvalue weighted by Gasteiger charge is -2.04. The molecule has 0 aliphatic carbocycles. The molecule has 18 heavy (non-hydrogen) atoms. The maximum absolute atomic E-state index is 13.3. The molecule has 0 unspecified atom stereocenters. The molecule has 0 aliphatic rings. The highest BCUT2D eigenvalue weighted by atomic mass is 79.9. The Balaban J connectivity index is 2.22. The number of aromatic nitrogens is 1. The highest BCUT2D eigenvalue weighted by Gasteiger charge is 2.11. The van der Waals surface area contributed by atoms with Crippen molar-refractivity contribution in [2.24, 2.45) is 0 Å². The fourth-order valence-electron chi connectivity index (χ4n) is 1.49. The van der Waals surface area contributed by atoms with E-state index in [4.69, 9.17) is 11.6 Å². The molecule has 0 fully saturated rings. The molecule has 1 aromatic carbocycles. The zero-order valence-corrected chi connectivity index (χ0v) is 11.5. The summed E-state index contributed by atoms with van der Waals surface area (Å²) in [6.07, 6.45) is 3.17. The summed E-state index contributed by atoms with van der Waals surface area (Å²) in [5, 5.41) is 0.434. The number of hydrogen-bond acceptors (Lipinski definition) is 2. The third-order valence-corrected chi connectivity index (χ3v) is 3.43. The number of carbonyl (C=O) groups excluding carboxylic acids is 1. The third-order valence-electron chi connectivity index (χ3n) is 2.45. The first-order valence-corrected chi connectivity index (χ1v) is 6.31. The molecule has 5 heteroatoms. The zero-order valence-electron chi connectivity index (χ0n) is 9.16. The minimum Gasteiger partial charge on any atom is -0.294 e. The summed E-state index contributed by atoms with van der Waals surface area (Å²) in [7, 11) is 0. The van der Waals surface area contributed by atoms with Gasteiger partial charge in [-0.25, -0.2) is 4.39 Å². The summed E-state index contributed by atoms with van der Waals surface area (Å²) < 4.78 is 13.7. The van der Waals surface area contributed by atoms with Gasteiger partial charge in [-0.3, -0.25) is 9.78 Å². The number of benzene rings is 1. The molecule has 1 aromatic heterocycles. The fourth-order valence-corrected chi connectivity index (χ4v) is 1.92. The van der Waals surface area contributed by atoms with Crippen molar-refractivity contribution in [2.45, 2.75) is 6.42 Å². The summed E-state index contributed by atoms with van der Waals surface area (Å²) in [6, 6.07) is 5.97. The van der Waals surface area contributed by atoms with Gasteiger partial charge in [-0.05, 0) is 39.7 Å². The summed E-state index contributed by atoms with van der Waals surface area (Å²) >= 11 is 8.96. The van der Waals surface area contributed by atoms with E-state index < -0.39 is 5.82 Å². The predicted molar refractivity (Wildman–Crippen MR) is 71.4 cm³/mol. The van der Waals surface area contributed by atoms with Gasteiger partial charge in [0.05, 0.1) is 9.50 Å². The predicted octanol–water partition coefficient (Wildman–Crippen LogP) is 4.06. The van der Waals surface area contributed by atoms with Crippen LogP contribution < -0.4 is 0 Å². The van der Waals surface area contributed by atoms with Crippen molar-refractivity contribution in [2.75, 3.05) is 0 Å². The summed E-state index contributed by atoms with van der Waals surface area (Å²) in [5.74, 6) is -0.642. The maximum Gasteiger partial charge on any atom is 0.167 e. The largest absolute Gasteiger partial charge is 0.294 e. The van der Waals surface area contributed by atoms with E-state index in [1.807, 2.05) is 0 Å². The average molecular weight is 329 g/mol. The number of rotatable bonds is 3. The van der Waals surface area contributed by atoms with Gasteiger partial charge in [-0.2, -0.15) is 0 Å². The van der Waals surface area contributed by atoms with Crippen LogP contribution in [-0.2, 0) is 6.42 Å². The Morgan fingerprint density at radius 3 is 2.83 bits per heavy atom. The van der Waals surface area contributed by atoms with Crippen LogP contribution in [0.15, 0.2) is 41.1 Å². The third kappa shape index (κ3) is 2.94. The van der Waals surface area contributed by atoms with Gasteiger partial charge in [-0.1, -0.05) is 17.7 Å². The lowest BCUT2D eigenvalue weighted by atomic mass is 10.0. The standard InChI is InChI=1S/C13H8BrClFNO/c14-10-2-1-9(5-12(10)16)13(18)6-8-3-4-17-7-11(8)15/h1-5,7H,6H2. The lowest BCUT2D eigenvalue weighted by Crippen LogP contribution is -2.04. The van der Waals surface area contributed by atoms with Crippen LogP contribution >= 0.6 is 27.5 Å². The molecule has 2 nitrogen and oxygen atoms in total.